The van der Waals surface area contributed by atoms with Gasteiger partial charge in [-0.15, -0.1) is 0 Å². The summed E-state index contributed by atoms with van der Waals surface area (Å²) in [5.74, 6) is 0. The second kappa shape index (κ2) is 6.78. The quantitative estimate of drug-likeness (QED) is 0.540. The Labute approximate surface area is 61.0 Å². The molecule has 0 unspecified atom stereocenters. The summed E-state index contributed by atoms with van der Waals surface area (Å²) < 4.78 is 2.04. The third kappa shape index (κ3) is 5.78. The van der Waals surface area contributed by atoms with E-state index >= 15 is 0 Å². The Bertz CT molecular complexity index is 104. The number of allylic oxidation sites excluding steroid dienone is 5. The van der Waals surface area contributed by atoms with Gasteiger partial charge in [0.1, 0.15) is 0 Å². The molecule has 0 aromatic carbocycles. The van der Waals surface area contributed by atoms with Gasteiger partial charge in [-0.3, -0.25) is 0 Å². The summed E-state index contributed by atoms with van der Waals surface area (Å²) in [7, 11) is 0. The molecule has 1 heteroatoms. The van der Waals surface area contributed by atoms with Crippen LogP contribution in [0.5, 0.6) is 0 Å². The monoisotopic (exact) mass is 275 g/mol. The van der Waals surface area contributed by atoms with E-state index in [1.165, 1.54) is 19.4 Å². The van der Waals surface area contributed by atoms with E-state index in [4.69, 9.17) is 0 Å². The molecule has 0 saturated heterocycles. The normalized spacial score (nSPS) is 10.5. The number of rotatable bonds is 3. The molecule has 0 heterocycles. The van der Waals surface area contributed by atoms with E-state index in [9.17, 15) is 0 Å². The van der Waals surface area contributed by atoms with Crippen LogP contribution in [0.15, 0.2) is 30.9 Å². The maximum atomic E-state index is 3.48. The van der Waals surface area contributed by atoms with Crippen LogP contribution in [-0.4, -0.2) is 4.40 Å². The Kier molecular flexibility index (Phi) is 6.59. The zero-order chi connectivity index (χ0) is 6.24. The molecule has 0 aliphatic heterocycles. The summed E-state index contributed by atoms with van der Waals surface area (Å²) in [6, 6.07) is 0. The molecule has 0 nitrogen and oxygen atoms in total. The average Bonchev–Trinajstić information content (AvgIpc) is 1.81. The first-order chi connectivity index (χ1) is 3.91. The molecular formula is C7H7W-. The van der Waals surface area contributed by atoms with E-state index in [0.717, 1.165) is 0 Å². The SMILES string of the molecule is C=C[C-]=C/C=C\[CH]=[W]. The Hall–Kier alpha value is -0.222. The summed E-state index contributed by atoms with van der Waals surface area (Å²) >= 11 is 1.46. The molecular weight excluding hydrogens is 268 g/mol. The summed E-state index contributed by atoms with van der Waals surface area (Å²) in [6.45, 7) is 3.48. The maximum absolute atomic E-state index is 3.48. The van der Waals surface area contributed by atoms with Gasteiger partial charge in [0.2, 0.25) is 0 Å². The van der Waals surface area contributed by atoms with Crippen LogP contribution >= 0.6 is 0 Å². The number of hydrogen-bond donors (Lipinski definition) is 0. The van der Waals surface area contributed by atoms with E-state index in [1.807, 2.05) is 22.6 Å². The first kappa shape index (κ1) is 7.78. The molecule has 0 radical (unpaired) electrons. The molecule has 0 N–H and O–H groups in total. The molecule has 0 saturated carbocycles. The van der Waals surface area contributed by atoms with Crippen molar-refractivity contribution in [2.75, 3.05) is 0 Å². The molecule has 0 amide bonds. The number of hydrogen-bond acceptors (Lipinski definition) is 0. The zero-order valence-corrected chi connectivity index (χ0v) is 7.44. The predicted octanol–water partition coefficient (Wildman–Crippen LogP) is 1.44. The second-order valence-corrected chi connectivity index (χ2v) is 2.04. The Morgan fingerprint density at radius 3 is 2.62 bits per heavy atom. The molecule has 0 atom stereocenters. The van der Waals surface area contributed by atoms with Gasteiger partial charge in [0.05, 0.1) is 0 Å². The average molecular weight is 275 g/mol. The van der Waals surface area contributed by atoms with Crippen molar-refractivity contribution >= 4 is 4.40 Å². The Morgan fingerprint density at radius 2 is 2.12 bits per heavy atom. The van der Waals surface area contributed by atoms with Gasteiger partial charge in [0.15, 0.2) is 0 Å². The third-order valence-electron chi connectivity index (χ3n) is 0.500. The van der Waals surface area contributed by atoms with Crippen molar-refractivity contribution in [1.82, 2.24) is 0 Å². The summed E-state index contributed by atoms with van der Waals surface area (Å²) in [6.07, 6.45) is 10.2. The van der Waals surface area contributed by atoms with Crippen molar-refractivity contribution in [3.8, 4) is 0 Å². The van der Waals surface area contributed by atoms with Crippen molar-refractivity contribution < 1.29 is 19.4 Å². The molecule has 0 rings (SSSR count). The van der Waals surface area contributed by atoms with Crippen molar-refractivity contribution in [2.45, 2.75) is 0 Å². The van der Waals surface area contributed by atoms with Crippen molar-refractivity contribution in [3.63, 3.8) is 0 Å². The summed E-state index contributed by atoms with van der Waals surface area (Å²) in [5.41, 5.74) is 0. The summed E-state index contributed by atoms with van der Waals surface area (Å²) in [4.78, 5) is 0. The summed E-state index contributed by atoms with van der Waals surface area (Å²) in [5, 5.41) is 0. The fourth-order valence-electron chi connectivity index (χ4n) is 0.225. The van der Waals surface area contributed by atoms with E-state index in [1.54, 1.807) is 6.08 Å². The van der Waals surface area contributed by atoms with Gasteiger partial charge in [-0.05, 0) is 0 Å². The van der Waals surface area contributed by atoms with Gasteiger partial charge in [-0.1, -0.05) is 0 Å². The van der Waals surface area contributed by atoms with E-state index in [2.05, 4.69) is 12.7 Å². The van der Waals surface area contributed by atoms with Crippen molar-refractivity contribution in [1.29, 1.82) is 0 Å². The van der Waals surface area contributed by atoms with Crippen molar-refractivity contribution in [2.24, 2.45) is 0 Å². The van der Waals surface area contributed by atoms with Crippen LogP contribution in [0.1, 0.15) is 0 Å². The van der Waals surface area contributed by atoms with Crippen LogP contribution in [-0.2, 0) is 19.4 Å². The van der Waals surface area contributed by atoms with Gasteiger partial charge < -0.3 is 0 Å². The third-order valence-corrected chi connectivity index (χ3v) is 1.06. The molecule has 0 aliphatic rings. The zero-order valence-electron chi connectivity index (χ0n) is 4.50. The molecule has 0 fully saturated rings. The molecule has 0 spiro atoms. The van der Waals surface area contributed by atoms with Crippen LogP contribution in [0.4, 0.5) is 0 Å². The van der Waals surface area contributed by atoms with E-state index in [0.29, 0.717) is 0 Å². The van der Waals surface area contributed by atoms with E-state index < -0.39 is 0 Å². The van der Waals surface area contributed by atoms with Gasteiger partial charge in [-0.2, -0.15) is 0 Å². The minimum absolute atomic E-state index is 1.46. The van der Waals surface area contributed by atoms with Crippen LogP contribution in [0.2, 0.25) is 0 Å². The van der Waals surface area contributed by atoms with Gasteiger partial charge in [-0.25, -0.2) is 0 Å². The molecule has 8 heavy (non-hydrogen) atoms. The predicted molar refractivity (Wildman–Crippen MR) is 33.2 cm³/mol. The molecule has 0 bridgehead atoms. The molecule has 0 aromatic heterocycles. The van der Waals surface area contributed by atoms with Crippen LogP contribution in [0.3, 0.4) is 0 Å². The van der Waals surface area contributed by atoms with Gasteiger partial charge in [0, 0.05) is 0 Å². The topological polar surface area (TPSA) is 0 Å². The first-order valence-corrected chi connectivity index (χ1v) is 3.91. The first-order valence-electron chi connectivity index (χ1n) is 2.22. The minimum atomic E-state index is 1.46. The Balaban J connectivity index is 3.41. The molecule has 0 aliphatic carbocycles. The van der Waals surface area contributed by atoms with Crippen LogP contribution in [0.25, 0.3) is 0 Å². The molecule has 42 valence electrons. The standard InChI is InChI=1S/C7H7.W/c1-3-5-7-6-4-2;/h1,3-5,7H,2H2;/q-1;/b5-3-;. The molecule has 0 aromatic rings. The van der Waals surface area contributed by atoms with Crippen LogP contribution in [0, 0.1) is 6.08 Å². The second-order valence-electron chi connectivity index (χ2n) is 1.06. The Morgan fingerprint density at radius 1 is 1.38 bits per heavy atom. The fraction of sp³-hybridized carbons (Fsp3) is 0. The van der Waals surface area contributed by atoms with Gasteiger partial charge in [0.25, 0.3) is 0 Å². The van der Waals surface area contributed by atoms with Crippen molar-refractivity contribution in [3.05, 3.63) is 37.0 Å². The van der Waals surface area contributed by atoms with E-state index in [-0.39, 0.29) is 0 Å². The van der Waals surface area contributed by atoms with Gasteiger partial charge >= 0.3 is 60.7 Å². The van der Waals surface area contributed by atoms with Crippen LogP contribution < -0.4 is 0 Å². The fourth-order valence-corrected chi connectivity index (χ4v) is 0.550.